The Balaban J connectivity index is 2.31. The van der Waals surface area contributed by atoms with Gasteiger partial charge in [-0.25, -0.2) is 0 Å². The summed E-state index contributed by atoms with van der Waals surface area (Å²) in [5.41, 5.74) is 6.53. The van der Waals surface area contributed by atoms with Crippen LogP contribution in [0, 0.1) is 5.92 Å². The van der Waals surface area contributed by atoms with Crippen LogP contribution in [0.15, 0.2) is 0 Å². The zero-order valence-electron chi connectivity index (χ0n) is 9.72. The van der Waals surface area contributed by atoms with Crippen molar-refractivity contribution in [3.63, 3.8) is 0 Å². The van der Waals surface area contributed by atoms with E-state index in [4.69, 9.17) is 10.5 Å². The van der Waals surface area contributed by atoms with Crippen molar-refractivity contribution >= 4 is 0 Å². The van der Waals surface area contributed by atoms with E-state index in [0.717, 1.165) is 25.4 Å². The van der Waals surface area contributed by atoms with Crippen molar-refractivity contribution in [2.45, 2.75) is 57.4 Å². The molecule has 1 aliphatic carbocycles. The number of methoxy groups -OCH3 is 1. The molecule has 1 saturated carbocycles. The zero-order chi connectivity index (χ0) is 10.4. The van der Waals surface area contributed by atoms with E-state index in [9.17, 15) is 0 Å². The maximum atomic E-state index is 6.41. The highest BCUT2D eigenvalue weighted by molar-refractivity contribution is 4.90. The summed E-state index contributed by atoms with van der Waals surface area (Å²) in [5, 5.41) is 0. The Hall–Kier alpha value is -0.0800. The van der Waals surface area contributed by atoms with Gasteiger partial charge in [0.1, 0.15) is 0 Å². The zero-order valence-corrected chi connectivity index (χ0v) is 9.72. The van der Waals surface area contributed by atoms with Crippen LogP contribution in [0.3, 0.4) is 0 Å². The number of hydrogen-bond donors (Lipinski definition) is 1. The summed E-state index contributed by atoms with van der Waals surface area (Å²) in [7, 11) is 1.76. The van der Waals surface area contributed by atoms with E-state index < -0.39 is 0 Å². The standard InChI is InChI=1S/C12H25NO/c1-3-11-6-4-7-12(13,10-11)8-5-9-14-2/h11H,3-10,13H2,1-2H3. The third kappa shape index (κ3) is 3.58. The lowest BCUT2D eigenvalue weighted by molar-refractivity contribution is 0.159. The number of nitrogens with two attached hydrogens (primary N) is 1. The topological polar surface area (TPSA) is 35.2 Å². The molecule has 1 rings (SSSR count). The number of hydrogen-bond acceptors (Lipinski definition) is 2. The summed E-state index contributed by atoms with van der Waals surface area (Å²) in [6.07, 6.45) is 8.70. The molecular weight excluding hydrogens is 174 g/mol. The van der Waals surface area contributed by atoms with Gasteiger partial charge >= 0.3 is 0 Å². The van der Waals surface area contributed by atoms with Crippen molar-refractivity contribution in [3.8, 4) is 0 Å². The van der Waals surface area contributed by atoms with Gasteiger partial charge in [-0.3, -0.25) is 0 Å². The van der Waals surface area contributed by atoms with Crippen LogP contribution in [-0.4, -0.2) is 19.3 Å². The lowest BCUT2D eigenvalue weighted by Gasteiger charge is -2.38. The fourth-order valence-corrected chi connectivity index (χ4v) is 2.67. The van der Waals surface area contributed by atoms with Gasteiger partial charge in [0.25, 0.3) is 0 Å². The molecule has 2 nitrogen and oxygen atoms in total. The van der Waals surface area contributed by atoms with Gasteiger partial charge in [-0.05, 0) is 31.6 Å². The minimum Gasteiger partial charge on any atom is -0.385 e. The first-order valence-corrected chi connectivity index (χ1v) is 5.98. The molecular formula is C12H25NO. The van der Waals surface area contributed by atoms with Gasteiger partial charge in [0, 0.05) is 19.3 Å². The molecule has 0 aliphatic heterocycles. The highest BCUT2D eigenvalue weighted by Crippen LogP contribution is 2.35. The van der Waals surface area contributed by atoms with Gasteiger partial charge in [-0.2, -0.15) is 0 Å². The molecule has 2 heteroatoms. The van der Waals surface area contributed by atoms with Crippen LogP contribution < -0.4 is 5.73 Å². The van der Waals surface area contributed by atoms with E-state index in [1.807, 2.05) is 0 Å². The molecule has 0 saturated heterocycles. The molecule has 2 atom stereocenters. The highest BCUT2D eigenvalue weighted by atomic mass is 16.5. The molecule has 84 valence electrons. The lowest BCUT2D eigenvalue weighted by Crippen LogP contribution is -2.44. The van der Waals surface area contributed by atoms with Crippen LogP contribution in [0.4, 0.5) is 0 Å². The van der Waals surface area contributed by atoms with Gasteiger partial charge < -0.3 is 10.5 Å². The Bertz CT molecular complexity index is 160. The summed E-state index contributed by atoms with van der Waals surface area (Å²) >= 11 is 0. The summed E-state index contributed by atoms with van der Waals surface area (Å²) in [6, 6.07) is 0. The van der Waals surface area contributed by atoms with Crippen molar-refractivity contribution in [2.75, 3.05) is 13.7 Å². The minimum absolute atomic E-state index is 0.122. The Morgan fingerprint density at radius 2 is 2.29 bits per heavy atom. The highest BCUT2D eigenvalue weighted by Gasteiger charge is 2.31. The Morgan fingerprint density at radius 3 is 2.93 bits per heavy atom. The Kier molecular flexibility index (Phi) is 4.90. The lowest BCUT2D eigenvalue weighted by atomic mass is 9.73. The molecule has 0 spiro atoms. The first-order valence-electron chi connectivity index (χ1n) is 5.98. The number of rotatable bonds is 5. The van der Waals surface area contributed by atoms with Crippen LogP contribution in [-0.2, 0) is 4.74 Å². The monoisotopic (exact) mass is 199 g/mol. The Labute approximate surface area is 88.2 Å². The Morgan fingerprint density at radius 1 is 1.50 bits per heavy atom. The molecule has 2 N–H and O–H groups in total. The van der Waals surface area contributed by atoms with Gasteiger partial charge in [-0.15, -0.1) is 0 Å². The number of ether oxygens (including phenoxy) is 1. The third-order valence-electron chi connectivity index (χ3n) is 3.58. The average Bonchev–Trinajstić information content (AvgIpc) is 2.18. The second-order valence-electron chi connectivity index (χ2n) is 4.83. The molecule has 0 aromatic carbocycles. The largest absolute Gasteiger partial charge is 0.385 e. The summed E-state index contributed by atoms with van der Waals surface area (Å²) in [5.74, 6) is 0.872. The molecule has 1 fully saturated rings. The summed E-state index contributed by atoms with van der Waals surface area (Å²) in [6.45, 7) is 3.14. The van der Waals surface area contributed by atoms with E-state index in [-0.39, 0.29) is 5.54 Å². The molecule has 0 aromatic heterocycles. The maximum absolute atomic E-state index is 6.41. The van der Waals surface area contributed by atoms with Crippen molar-refractivity contribution in [1.82, 2.24) is 0 Å². The molecule has 0 aromatic rings. The van der Waals surface area contributed by atoms with Gasteiger partial charge in [0.15, 0.2) is 0 Å². The molecule has 0 amide bonds. The average molecular weight is 199 g/mol. The molecule has 0 bridgehead atoms. The fraction of sp³-hybridized carbons (Fsp3) is 1.00. The van der Waals surface area contributed by atoms with Gasteiger partial charge in [0.2, 0.25) is 0 Å². The van der Waals surface area contributed by atoms with Crippen molar-refractivity contribution in [1.29, 1.82) is 0 Å². The van der Waals surface area contributed by atoms with Crippen LogP contribution in [0.5, 0.6) is 0 Å². The first kappa shape index (κ1) is 12.0. The second kappa shape index (κ2) is 5.72. The quantitative estimate of drug-likeness (QED) is 0.691. The molecule has 0 radical (unpaired) electrons. The van der Waals surface area contributed by atoms with Crippen LogP contribution in [0.2, 0.25) is 0 Å². The molecule has 1 aliphatic rings. The van der Waals surface area contributed by atoms with E-state index >= 15 is 0 Å². The van der Waals surface area contributed by atoms with E-state index in [2.05, 4.69) is 6.92 Å². The minimum atomic E-state index is 0.122. The van der Waals surface area contributed by atoms with Crippen molar-refractivity contribution in [2.24, 2.45) is 11.7 Å². The van der Waals surface area contributed by atoms with Crippen molar-refractivity contribution < 1.29 is 4.74 Å². The second-order valence-corrected chi connectivity index (χ2v) is 4.83. The van der Waals surface area contributed by atoms with Crippen LogP contribution in [0.1, 0.15) is 51.9 Å². The van der Waals surface area contributed by atoms with Crippen LogP contribution in [0.25, 0.3) is 0 Å². The predicted molar refractivity (Wildman–Crippen MR) is 60.3 cm³/mol. The molecule has 0 heterocycles. The van der Waals surface area contributed by atoms with Gasteiger partial charge in [-0.1, -0.05) is 26.2 Å². The fourth-order valence-electron chi connectivity index (χ4n) is 2.67. The normalized spacial score (nSPS) is 33.2. The van der Waals surface area contributed by atoms with E-state index in [0.29, 0.717) is 0 Å². The third-order valence-corrected chi connectivity index (χ3v) is 3.58. The van der Waals surface area contributed by atoms with E-state index in [1.165, 1.54) is 32.1 Å². The summed E-state index contributed by atoms with van der Waals surface area (Å²) in [4.78, 5) is 0. The predicted octanol–water partition coefficient (Wildman–Crippen LogP) is 2.71. The smallest absolute Gasteiger partial charge is 0.0462 e. The van der Waals surface area contributed by atoms with Crippen molar-refractivity contribution in [3.05, 3.63) is 0 Å². The van der Waals surface area contributed by atoms with Crippen LogP contribution >= 0.6 is 0 Å². The maximum Gasteiger partial charge on any atom is 0.0462 e. The van der Waals surface area contributed by atoms with E-state index in [1.54, 1.807) is 7.11 Å². The molecule has 2 unspecified atom stereocenters. The summed E-state index contributed by atoms with van der Waals surface area (Å²) < 4.78 is 5.08. The SMILES string of the molecule is CCC1CCCC(N)(CCCOC)C1. The van der Waals surface area contributed by atoms with Gasteiger partial charge in [0.05, 0.1) is 0 Å². The molecule has 14 heavy (non-hydrogen) atoms. The first-order chi connectivity index (χ1) is 6.70.